The smallest absolute Gasteiger partial charge is 0.347 e. The molecule has 19 heavy (non-hydrogen) atoms. The number of benzene rings is 1. The normalized spacial score (nSPS) is 17.8. The molecule has 1 aromatic carbocycles. The molecule has 0 bridgehead atoms. The number of hydrogen-bond donors (Lipinski definition) is 0. The monoisotopic (exact) mass is 266 g/mol. The molecule has 102 valence electrons. The first-order valence-electron chi connectivity index (χ1n) is 5.74. The zero-order valence-corrected chi connectivity index (χ0v) is 10.7. The molecule has 0 unspecified atom stereocenters. The predicted octanol–water partition coefficient (Wildman–Crippen LogP) is 1.18. The molecule has 0 radical (unpaired) electrons. The number of hydrogen-bond acceptors (Lipinski definition) is 6. The lowest BCUT2D eigenvalue weighted by molar-refractivity contribution is -0.145. The van der Waals surface area contributed by atoms with Crippen molar-refractivity contribution < 1.29 is 28.5 Å². The number of ether oxygens (including phenoxy) is 4. The number of cyclic esters (lactones) is 1. The van der Waals surface area contributed by atoms with Crippen molar-refractivity contribution in [2.24, 2.45) is 0 Å². The van der Waals surface area contributed by atoms with E-state index >= 15 is 0 Å². The van der Waals surface area contributed by atoms with Gasteiger partial charge in [-0.25, -0.2) is 9.59 Å². The zero-order valence-electron chi connectivity index (χ0n) is 10.7. The van der Waals surface area contributed by atoms with E-state index in [4.69, 9.17) is 18.9 Å². The summed E-state index contributed by atoms with van der Waals surface area (Å²) in [5.41, 5.74) is 0.260. The molecule has 6 nitrogen and oxygen atoms in total. The van der Waals surface area contributed by atoms with Gasteiger partial charge >= 0.3 is 11.9 Å². The molecule has 0 saturated carbocycles. The van der Waals surface area contributed by atoms with Crippen LogP contribution in [-0.2, 0) is 14.3 Å². The van der Waals surface area contributed by atoms with Gasteiger partial charge in [0.25, 0.3) is 0 Å². The van der Waals surface area contributed by atoms with E-state index in [0.717, 1.165) is 0 Å². The van der Waals surface area contributed by atoms with Crippen molar-refractivity contribution in [2.75, 3.05) is 20.8 Å². The van der Waals surface area contributed by atoms with Crippen molar-refractivity contribution in [1.82, 2.24) is 0 Å². The molecule has 0 amide bonds. The van der Waals surface area contributed by atoms with Crippen LogP contribution in [0.25, 0.3) is 0 Å². The molecular formula is C13H14O6. The third kappa shape index (κ3) is 2.96. The highest BCUT2D eigenvalue weighted by Crippen LogP contribution is 2.24. The van der Waals surface area contributed by atoms with Crippen molar-refractivity contribution in [2.45, 2.75) is 12.5 Å². The predicted molar refractivity (Wildman–Crippen MR) is 64.3 cm³/mol. The Morgan fingerprint density at radius 1 is 1.21 bits per heavy atom. The Morgan fingerprint density at radius 3 is 2.32 bits per heavy atom. The van der Waals surface area contributed by atoms with Crippen LogP contribution in [0.3, 0.4) is 0 Å². The topological polar surface area (TPSA) is 71.1 Å². The van der Waals surface area contributed by atoms with Crippen LogP contribution in [0.5, 0.6) is 11.5 Å². The summed E-state index contributed by atoms with van der Waals surface area (Å²) < 4.78 is 19.9. The number of esters is 2. The van der Waals surface area contributed by atoms with Crippen LogP contribution < -0.4 is 9.47 Å². The SMILES string of the molecule is COc1cc(OC)cc(C(=O)O[C@H]2CCOC2=O)c1. The van der Waals surface area contributed by atoms with Crippen LogP contribution in [0.4, 0.5) is 0 Å². The molecular weight excluding hydrogens is 252 g/mol. The highest BCUT2D eigenvalue weighted by Gasteiger charge is 2.30. The van der Waals surface area contributed by atoms with E-state index < -0.39 is 18.0 Å². The Balaban J connectivity index is 2.16. The second-order valence-corrected chi connectivity index (χ2v) is 3.95. The minimum atomic E-state index is -0.829. The summed E-state index contributed by atoms with van der Waals surface area (Å²) in [5.74, 6) is -0.176. The van der Waals surface area contributed by atoms with Crippen LogP contribution in [0.1, 0.15) is 16.8 Å². The maximum atomic E-state index is 11.9. The summed E-state index contributed by atoms with van der Waals surface area (Å²) in [4.78, 5) is 23.2. The molecule has 0 aliphatic carbocycles. The molecule has 1 atom stereocenters. The molecule has 1 saturated heterocycles. The zero-order chi connectivity index (χ0) is 13.8. The van der Waals surface area contributed by atoms with Crippen molar-refractivity contribution in [3.05, 3.63) is 23.8 Å². The van der Waals surface area contributed by atoms with E-state index in [0.29, 0.717) is 17.9 Å². The molecule has 2 rings (SSSR count). The van der Waals surface area contributed by atoms with Crippen molar-refractivity contribution in [1.29, 1.82) is 0 Å². The fraction of sp³-hybridized carbons (Fsp3) is 0.385. The van der Waals surface area contributed by atoms with Gasteiger partial charge in [-0.3, -0.25) is 0 Å². The van der Waals surface area contributed by atoms with E-state index in [-0.39, 0.29) is 12.2 Å². The lowest BCUT2D eigenvalue weighted by Crippen LogP contribution is -2.22. The Kier molecular flexibility index (Phi) is 3.89. The van der Waals surface area contributed by atoms with Crippen molar-refractivity contribution in [3.63, 3.8) is 0 Å². The lowest BCUT2D eigenvalue weighted by atomic mass is 10.2. The summed E-state index contributed by atoms with van der Waals surface area (Å²) >= 11 is 0. The van der Waals surface area contributed by atoms with Gasteiger partial charge in [-0.2, -0.15) is 0 Å². The average molecular weight is 266 g/mol. The van der Waals surface area contributed by atoms with Crippen LogP contribution in [0.15, 0.2) is 18.2 Å². The quantitative estimate of drug-likeness (QED) is 0.762. The van der Waals surface area contributed by atoms with Crippen LogP contribution in [-0.4, -0.2) is 38.9 Å². The fourth-order valence-corrected chi connectivity index (χ4v) is 1.71. The lowest BCUT2D eigenvalue weighted by Gasteiger charge is -2.10. The Labute approximate surface area is 110 Å². The van der Waals surface area contributed by atoms with Gasteiger partial charge in [0.2, 0.25) is 6.10 Å². The second-order valence-electron chi connectivity index (χ2n) is 3.95. The van der Waals surface area contributed by atoms with E-state index in [2.05, 4.69) is 0 Å². The highest BCUT2D eigenvalue weighted by atomic mass is 16.6. The maximum Gasteiger partial charge on any atom is 0.347 e. The van der Waals surface area contributed by atoms with E-state index in [9.17, 15) is 9.59 Å². The van der Waals surface area contributed by atoms with Gasteiger partial charge in [-0.05, 0) is 12.1 Å². The van der Waals surface area contributed by atoms with E-state index in [1.807, 2.05) is 0 Å². The van der Waals surface area contributed by atoms with Gasteiger partial charge in [-0.15, -0.1) is 0 Å². The Hall–Kier alpha value is -2.24. The average Bonchev–Trinajstić information content (AvgIpc) is 2.83. The molecule has 1 aliphatic rings. The molecule has 1 fully saturated rings. The standard InChI is InChI=1S/C13H14O6/c1-16-9-5-8(6-10(7-9)17-2)12(14)19-11-3-4-18-13(11)15/h5-7,11H,3-4H2,1-2H3/t11-/m0/s1. The summed E-state index contributed by atoms with van der Waals surface area (Å²) in [6, 6.07) is 4.68. The van der Waals surface area contributed by atoms with Gasteiger partial charge in [0, 0.05) is 12.5 Å². The first kappa shape index (κ1) is 13.2. The number of carbonyl (C=O) groups is 2. The third-order valence-corrected chi connectivity index (χ3v) is 2.72. The minimum Gasteiger partial charge on any atom is -0.497 e. The first-order chi connectivity index (χ1) is 9.13. The van der Waals surface area contributed by atoms with Crippen LogP contribution >= 0.6 is 0 Å². The first-order valence-corrected chi connectivity index (χ1v) is 5.74. The van der Waals surface area contributed by atoms with Gasteiger partial charge in [0.15, 0.2) is 0 Å². The third-order valence-electron chi connectivity index (χ3n) is 2.72. The number of carbonyl (C=O) groups excluding carboxylic acids is 2. The number of methoxy groups -OCH3 is 2. The van der Waals surface area contributed by atoms with E-state index in [1.54, 1.807) is 6.07 Å². The number of rotatable bonds is 4. The second kappa shape index (κ2) is 5.60. The Bertz CT molecular complexity index is 474. The van der Waals surface area contributed by atoms with Crippen molar-refractivity contribution in [3.8, 4) is 11.5 Å². The van der Waals surface area contributed by atoms with Crippen LogP contribution in [0, 0.1) is 0 Å². The van der Waals surface area contributed by atoms with Gasteiger partial charge in [0.1, 0.15) is 11.5 Å². The van der Waals surface area contributed by atoms with Gasteiger partial charge in [-0.1, -0.05) is 0 Å². The minimum absolute atomic E-state index is 0.260. The molecule has 1 aromatic rings. The van der Waals surface area contributed by atoms with Crippen LogP contribution in [0.2, 0.25) is 0 Å². The Morgan fingerprint density at radius 2 is 1.84 bits per heavy atom. The molecule has 0 N–H and O–H groups in total. The molecule has 0 aromatic heterocycles. The maximum absolute atomic E-state index is 11.9. The summed E-state index contributed by atoms with van der Waals surface area (Å²) in [6.45, 7) is 0.276. The summed E-state index contributed by atoms with van der Waals surface area (Å²) in [6.07, 6.45) is -0.448. The summed E-state index contributed by atoms with van der Waals surface area (Å²) in [7, 11) is 2.97. The van der Waals surface area contributed by atoms with Gasteiger partial charge < -0.3 is 18.9 Å². The highest BCUT2D eigenvalue weighted by molar-refractivity contribution is 5.92. The van der Waals surface area contributed by atoms with E-state index in [1.165, 1.54) is 26.4 Å². The molecule has 0 spiro atoms. The van der Waals surface area contributed by atoms with Crippen molar-refractivity contribution >= 4 is 11.9 Å². The largest absolute Gasteiger partial charge is 0.497 e. The van der Waals surface area contributed by atoms with Gasteiger partial charge in [0.05, 0.1) is 26.4 Å². The molecule has 6 heteroatoms. The summed E-state index contributed by atoms with van der Waals surface area (Å²) in [5, 5.41) is 0. The fourth-order valence-electron chi connectivity index (χ4n) is 1.71. The molecule has 1 heterocycles. The molecule has 1 aliphatic heterocycles.